The zero-order chi connectivity index (χ0) is 17.2. The predicted molar refractivity (Wildman–Crippen MR) is 104 cm³/mol. The number of carbonyl (C=O) groups excluding carboxylic acids is 1. The molecule has 3 aromatic heterocycles. The van der Waals surface area contributed by atoms with Crippen molar-refractivity contribution in [2.75, 3.05) is 18.4 Å². The van der Waals surface area contributed by atoms with Gasteiger partial charge in [-0.1, -0.05) is 17.7 Å². The van der Waals surface area contributed by atoms with E-state index in [2.05, 4.69) is 44.2 Å². The minimum absolute atomic E-state index is 0.0739. The Morgan fingerprint density at radius 1 is 1.28 bits per heavy atom. The molecule has 1 N–H and O–H groups in total. The van der Waals surface area contributed by atoms with Crippen LogP contribution in [0.3, 0.4) is 0 Å². The maximum atomic E-state index is 12.6. The number of halogens is 1. The van der Waals surface area contributed by atoms with Crippen molar-refractivity contribution < 1.29 is 4.79 Å². The van der Waals surface area contributed by atoms with Gasteiger partial charge in [-0.25, -0.2) is 4.98 Å². The van der Waals surface area contributed by atoms with Crippen LogP contribution in [0.25, 0.3) is 0 Å². The Hall–Kier alpha value is -1.73. The molecule has 1 atom stereocenters. The number of rotatable bonds is 4. The molecule has 4 rings (SSSR count). The molecule has 3 aromatic rings. The molecule has 0 spiro atoms. The lowest BCUT2D eigenvalue weighted by Crippen LogP contribution is -2.40. The van der Waals surface area contributed by atoms with Crippen LogP contribution in [-0.2, 0) is 11.2 Å². The van der Waals surface area contributed by atoms with Gasteiger partial charge < -0.3 is 5.32 Å². The number of nitrogens with zero attached hydrogens (tertiary/aromatic N) is 2. The first-order chi connectivity index (χ1) is 12.2. The van der Waals surface area contributed by atoms with Gasteiger partial charge in [-0.3, -0.25) is 9.69 Å². The lowest BCUT2D eigenvalue weighted by molar-refractivity contribution is -0.117. The second-order valence-corrected chi connectivity index (χ2v) is 8.17. The molecule has 1 unspecified atom stereocenters. The van der Waals surface area contributed by atoms with Crippen LogP contribution in [0.1, 0.15) is 21.4 Å². The van der Waals surface area contributed by atoms with Gasteiger partial charge in [0, 0.05) is 22.5 Å². The van der Waals surface area contributed by atoms with Crippen LogP contribution in [0.2, 0.25) is 5.15 Å². The molecule has 7 heteroatoms. The van der Waals surface area contributed by atoms with Crippen molar-refractivity contribution in [1.29, 1.82) is 0 Å². The fraction of sp³-hybridized carbons (Fsp3) is 0.222. The second-order valence-electron chi connectivity index (χ2n) is 5.83. The SMILES string of the molecule is O=C(CN1CCc2sccc2C1c1cccs1)Nc1cccnc1Cl. The minimum Gasteiger partial charge on any atom is -0.322 e. The van der Waals surface area contributed by atoms with Crippen LogP contribution in [0.15, 0.2) is 47.3 Å². The van der Waals surface area contributed by atoms with Crippen LogP contribution in [0, 0.1) is 0 Å². The third kappa shape index (κ3) is 3.48. The van der Waals surface area contributed by atoms with Gasteiger partial charge in [0.2, 0.25) is 5.91 Å². The summed E-state index contributed by atoms with van der Waals surface area (Å²) in [5, 5.41) is 7.41. The van der Waals surface area contributed by atoms with Gasteiger partial charge in [-0.2, -0.15) is 0 Å². The number of pyridine rings is 1. The van der Waals surface area contributed by atoms with Gasteiger partial charge in [0.05, 0.1) is 18.3 Å². The number of fused-ring (bicyclic) bond motifs is 1. The van der Waals surface area contributed by atoms with Crippen molar-refractivity contribution in [3.63, 3.8) is 0 Å². The summed E-state index contributed by atoms with van der Waals surface area (Å²) in [4.78, 5) is 21.5. The van der Waals surface area contributed by atoms with E-state index in [1.165, 1.54) is 15.3 Å². The summed E-state index contributed by atoms with van der Waals surface area (Å²) >= 11 is 9.57. The number of carbonyl (C=O) groups is 1. The fourth-order valence-corrected chi connectivity index (χ4v) is 5.12. The zero-order valence-corrected chi connectivity index (χ0v) is 15.7. The highest BCUT2D eigenvalue weighted by atomic mass is 35.5. The van der Waals surface area contributed by atoms with Crippen LogP contribution in [-0.4, -0.2) is 28.9 Å². The van der Waals surface area contributed by atoms with Crippen molar-refractivity contribution >= 4 is 45.9 Å². The van der Waals surface area contributed by atoms with Crippen molar-refractivity contribution in [2.24, 2.45) is 0 Å². The molecule has 0 bridgehead atoms. The number of amides is 1. The van der Waals surface area contributed by atoms with E-state index in [1.54, 1.807) is 41.0 Å². The molecule has 0 aromatic carbocycles. The Kier molecular flexibility index (Phi) is 4.85. The van der Waals surface area contributed by atoms with Crippen molar-refractivity contribution in [1.82, 2.24) is 9.88 Å². The lowest BCUT2D eigenvalue weighted by atomic mass is 9.98. The van der Waals surface area contributed by atoms with E-state index in [9.17, 15) is 4.79 Å². The molecule has 0 aliphatic carbocycles. The number of nitrogens with one attached hydrogen (secondary N) is 1. The van der Waals surface area contributed by atoms with Gasteiger partial charge in [0.25, 0.3) is 0 Å². The number of aromatic nitrogens is 1. The molecule has 4 nitrogen and oxygen atoms in total. The van der Waals surface area contributed by atoms with E-state index < -0.39 is 0 Å². The lowest BCUT2D eigenvalue weighted by Gasteiger charge is -2.34. The first-order valence-electron chi connectivity index (χ1n) is 7.96. The first kappa shape index (κ1) is 16.7. The topological polar surface area (TPSA) is 45.2 Å². The Morgan fingerprint density at radius 3 is 3.00 bits per heavy atom. The summed E-state index contributed by atoms with van der Waals surface area (Å²) in [5.41, 5.74) is 1.88. The summed E-state index contributed by atoms with van der Waals surface area (Å²) in [6.07, 6.45) is 2.59. The van der Waals surface area contributed by atoms with Gasteiger partial charge >= 0.3 is 0 Å². The summed E-state index contributed by atoms with van der Waals surface area (Å²) in [6, 6.07) is 10.1. The maximum absolute atomic E-state index is 12.6. The van der Waals surface area contributed by atoms with E-state index in [4.69, 9.17) is 11.6 Å². The predicted octanol–water partition coefficient (Wildman–Crippen LogP) is 4.44. The summed E-state index contributed by atoms with van der Waals surface area (Å²) in [6.45, 7) is 1.19. The van der Waals surface area contributed by atoms with Crippen LogP contribution >= 0.6 is 34.3 Å². The normalized spacial score (nSPS) is 17.2. The van der Waals surface area contributed by atoms with Gasteiger partial charge in [-0.15, -0.1) is 22.7 Å². The van der Waals surface area contributed by atoms with Crippen LogP contribution < -0.4 is 5.32 Å². The maximum Gasteiger partial charge on any atom is 0.238 e. The Labute approximate surface area is 159 Å². The monoisotopic (exact) mass is 389 g/mol. The zero-order valence-electron chi connectivity index (χ0n) is 13.3. The van der Waals surface area contributed by atoms with E-state index in [-0.39, 0.29) is 11.9 Å². The molecule has 0 saturated heterocycles. The van der Waals surface area contributed by atoms with E-state index in [1.807, 2.05) is 0 Å². The quantitative estimate of drug-likeness (QED) is 0.671. The summed E-state index contributed by atoms with van der Waals surface area (Å²) in [7, 11) is 0. The number of hydrogen-bond acceptors (Lipinski definition) is 5. The number of thiophene rings is 2. The molecule has 4 heterocycles. The molecular formula is C18H16ClN3OS2. The van der Waals surface area contributed by atoms with Gasteiger partial charge in [0.15, 0.2) is 5.15 Å². The highest BCUT2D eigenvalue weighted by Gasteiger charge is 2.31. The average Bonchev–Trinajstić information content (AvgIpc) is 3.28. The first-order valence-corrected chi connectivity index (χ1v) is 10.1. The number of hydrogen-bond donors (Lipinski definition) is 1. The average molecular weight is 390 g/mol. The highest BCUT2D eigenvalue weighted by molar-refractivity contribution is 7.10. The molecular weight excluding hydrogens is 374 g/mol. The van der Waals surface area contributed by atoms with Gasteiger partial charge in [-0.05, 0) is 47.0 Å². The number of anilines is 1. The van der Waals surface area contributed by atoms with Crippen LogP contribution in [0.4, 0.5) is 5.69 Å². The fourth-order valence-electron chi connectivity index (χ4n) is 3.17. The van der Waals surface area contributed by atoms with Crippen molar-refractivity contribution in [2.45, 2.75) is 12.5 Å². The smallest absolute Gasteiger partial charge is 0.238 e. The molecule has 0 fully saturated rings. The highest BCUT2D eigenvalue weighted by Crippen LogP contribution is 2.39. The molecule has 1 aliphatic rings. The standard InChI is InChI=1S/C18H16ClN3OS2/c19-18-13(3-1-7-20-18)21-16(23)11-22-8-5-14-12(6-10-25-14)17(22)15-4-2-9-24-15/h1-4,6-7,9-10,17H,5,8,11H2,(H,21,23). The Bertz CT molecular complexity index is 878. The largest absolute Gasteiger partial charge is 0.322 e. The van der Waals surface area contributed by atoms with Crippen LogP contribution in [0.5, 0.6) is 0 Å². The summed E-state index contributed by atoms with van der Waals surface area (Å²) in [5.74, 6) is -0.0739. The Morgan fingerprint density at radius 2 is 2.20 bits per heavy atom. The molecule has 0 saturated carbocycles. The van der Waals surface area contributed by atoms with Gasteiger partial charge in [0.1, 0.15) is 0 Å². The van der Waals surface area contributed by atoms with E-state index >= 15 is 0 Å². The molecule has 1 amide bonds. The Balaban J connectivity index is 1.55. The molecule has 128 valence electrons. The minimum atomic E-state index is -0.0739. The van der Waals surface area contributed by atoms with E-state index in [0.717, 1.165) is 13.0 Å². The van der Waals surface area contributed by atoms with Crippen molar-refractivity contribution in [3.8, 4) is 0 Å². The third-order valence-electron chi connectivity index (χ3n) is 4.26. The molecule has 1 aliphatic heterocycles. The summed E-state index contributed by atoms with van der Waals surface area (Å²) < 4.78 is 0. The second kappa shape index (κ2) is 7.25. The third-order valence-corrected chi connectivity index (χ3v) is 6.48. The van der Waals surface area contributed by atoms with E-state index in [0.29, 0.717) is 17.4 Å². The molecule has 0 radical (unpaired) electrons. The van der Waals surface area contributed by atoms with Crippen molar-refractivity contribution in [3.05, 3.63) is 67.8 Å². The molecule has 25 heavy (non-hydrogen) atoms.